The summed E-state index contributed by atoms with van der Waals surface area (Å²) in [4.78, 5) is 42.8. The van der Waals surface area contributed by atoms with Crippen LogP contribution in [0.5, 0.6) is 0 Å². The minimum atomic E-state index is -0.939. The number of hydrogen-bond donors (Lipinski definition) is 2. The first-order valence-electron chi connectivity index (χ1n) is 14.1. The van der Waals surface area contributed by atoms with Gasteiger partial charge in [0, 0.05) is 6.54 Å². The van der Waals surface area contributed by atoms with E-state index in [-0.39, 0.29) is 17.7 Å². The van der Waals surface area contributed by atoms with Crippen LogP contribution in [0.15, 0.2) is 36.4 Å². The van der Waals surface area contributed by atoms with E-state index in [9.17, 15) is 14.4 Å². The molecule has 2 aromatic carbocycles. The number of rotatable bonds is 11. The quantitative estimate of drug-likeness (QED) is 0.292. The van der Waals surface area contributed by atoms with Gasteiger partial charge in [0.05, 0.1) is 10.7 Å². The van der Waals surface area contributed by atoms with E-state index < -0.39 is 23.8 Å². The molecule has 8 heteroatoms. The monoisotopic (exact) mass is 571 g/mol. The molecule has 0 spiro atoms. The maximum Gasteiger partial charge on any atom is 0.408 e. The van der Waals surface area contributed by atoms with Crippen molar-refractivity contribution in [2.75, 3.05) is 11.9 Å². The van der Waals surface area contributed by atoms with E-state index in [2.05, 4.69) is 10.6 Å². The van der Waals surface area contributed by atoms with Crippen LogP contribution in [0.3, 0.4) is 0 Å². The lowest BCUT2D eigenvalue weighted by atomic mass is 9.95. The number of benzene rings is 2. The molecule has 2 rings (SSSR count). The first-order valence-corrected chi connectivity index (χ1v) is 14.5. The van der Waals surface area contributed by atoms with Crippen molar-refractivity contribution in [3.8, 4) is 0 Å². The molecule has 0 heterocycles. The fraction of sp³-hybridized carbons (Fsp3) is 0.531. The highest BCUT2D eigenvalue weighted by molar-refractivity contribution is 6.34. The summed E-state index contributed by atoms with van der Waals surface area (Å²) in [6.45, 7) is 17.5. The van der Waals surface area contributed by atoms with Crippen molar-refractivity contribution in [3.05, 3.63) is 63.7 Å². The summed E-state index contributed by atoms with van der Waals surface area (Å²) in [6.07, 6.45) is 1.24. The second-order valence-corrected chi connectivity index (χ2v) is 12.3. The van der Waals surface area contributed by atoms with Gasteiger partial charge in [0.2, 0.25) is 5.91 Å². The summed E-state index contributed by atoms with van der Waals surface area (Å²) < 4.78 is 5.48. The van der Waals surface area contributed by atoms with E-state index in [1.54, 1.807) is 31.7 Å². The lowest BCUT2D eigenvalue weighted by Crippen LogP contribution is -2.53. The van der Waals surface area contributed by atoms with Gasteiger partial charge in [-0.05, 0) is 83.1 Å². The minimum absolute atomic E-state index is 0.107. The number of unbranched alkanes of at least 4 members (excludes halogenated alkanes) is 1. The summed E-state index contributed by atoms with van der Waals surface area (Å²) in [5.41, 5.74) is 3.28. The third kappa shape index (κ3) is 9.54. The lowest BCUT2D eigenvalue weighted by molar-refractivity contribution is -0.141. The molecule has 0 saturated heterocycles. The van der Waals surface area contributed by atoms with Crippen LogP contribution in [0.1, 0.15) is 89.1 Å². The van der Waals surface area contributed by atoms with Crippen molar-refractivity contribution in [2.24, 2.45) is 5.92 Å². The molecule has 0 fully saturated rings. The number of halogens is 1. The van der Waals surface area contributed by atoms with Gasteiger partial charge in [0.1, 0.15) is 17.7 Å². The molecule has 0 bridgehead atoms. The van der Waals surface area contributed by atoms with Crippen molar-refractivity contribution in [1.29, 1.82) is 0 Å². The molecule has 40 heavy (non-hydrogen) atoms. The van der Waals surface area contributed by atoms with Crippen molar-refractivity contribution in [2.45, 2.75) is 99.3 Å². The highest BCUT2D eigenvalue weighted by Gasteiger charge is 2.37. The molecule has 220 valence electrons. The first kappa shape index (κ1) is 33.1. The zero-order chi connectivity index (χ0) is 30.2. The average Bonchev–Trinajstić information content (AvgIpc) is 2.82. The molecular weight excluding hydrogens is 526 g/mol. The Hall–Kier alpha value is -3.06. The standard InChI is InChI=1S/C32H46ClN3O4/c1-10-11-17-36(30(38)26(18-20(2)3)34-31(39)40-32(7,8)9)28(24-16-15-21(4)19-23(24)6)29(37)35-27-22(5)13-12-14-25(27)33/h12-16,19-20,26,28H,10-11,17-18H2,1-9H3,(H,34,39)(H,35,37). The van der Waals surface area contributed by atoms with Gasteiger partial charge in [0.25, 0.3) is 5.91 Å². The van der Waals surface area contributed by atoms with Crippen LogP contribution in [0.4, 0.5) is 10.5 Å². The highest BCUT2D eigenvalue weighted by Crippen LogP contribution is 2.31. The second kappa shape index (κ2) is 14.5. The van der Waals surface area contributed by atoms with E-state index >= 15 is 0 Å². The number of carbonyl (C=O) groups is 3. The van der Waals surface area contributed by atoms with Crippen molar-refractivity contribution >= 4 is 35.2 Å². The number of carbonyl (C=O) groups excluding carboxylic acids is 3. The van der Waals surface area contributed by atoms with Crippen LogP contribution < -0.4 is 10.6 Å². The van der Waals surface area contributed by atoms with E-state index in [0.717, 1.165) is 28.7 Å². The smallest absolute Gasteiger partial charge is 0.408 e. The van der Waals surface area contributed by atoms with Gasteiger partial charge in [-0.25, -0.2) is 4.79 Å². The minimum Gasteiger partial charge on any atom is -0.444 e. The molecule has 0 radical (unpaired) electrons. The van der Waals surface area contributed by atoms with Crippen molar-refractivity contribution in [3.63, 3.8) is 0 Å². The summed E-state index contributed by atoms with van der Waals surface area (Å²) in [5, 5.41) is 6.22. The Kier molecular flexibility index (Phi) is 12.0. The highest BCUT2D eigenvalue weighted by atomic mass is 35.5. The molecule has 0 aliphatic heterocycles. The number of hydrogen-bond acceptors (Lipinski definition) is 4. The zero-order valence-electron chi connectivity index (χ0n) is 25.5. The Bertz CT molecular complexity index is 1170. The number of amides is 3. The Morgan fingerprint density at radius 3 is 2.25 bits per heavy atom. The maximum atomic E-state index is 14.3. The molecule has 2 N–H and O–H groups in total. The molecule has 0 aliphatic rings. The Balaban J connectivity index is 2.62. The maximum absolute atomic E-state index is 14.3. The van der Waals surface area contributed by atoms with Gasteiger partial charge < -0.3 is 20.3 Å². The van der Waals surface area contributed by atoms with E-state index in [0.29, 0.717) is 30.1 Å². The normalized spacial score (nSPS) is 13.0. The summed E-state index contributed by atoms with van der Waals surface area (Å²) in [5.74, 6) is -0.590. The molecule has 0 saturated carbocycles. The number of nitrogens with one attached hydrogen (secondary N) is 2. The van der Waals surface area contributed by atoms with E-state index in [4.69, 9.17) is 16.3 Å². The zero-order valence-corrected chi connectivity index (χ0v) is 26.2. The number of nitrogens with zero attached hydrogens (tertiary/aromatic N) is 1. The van der Waals surface area contributed by atoms with Gasteiger partial charge in [-0.2, -0.15) is 0 Å². The Morgan fingerprint density at radius 1 is 1.02 bits per heavy atom. The summed E-state index contributed by atoms with van der Waals surface area (Å²) >= 11 is 6.46. The molecule has 2 atom stereocenters. The van der Waals surface area contributed by atoms with Gasteiger partial charge in [-0.3, -0.25) is 9.59 Å². The fourth-order valence-corrected chi connectivity index (χ4v) is 4.87. The number of para-hydroxylation sites is 1. The van der Waals surface area contributed by atoms with Crippen LogP contribution in [0, 0.1) is 26.7 Å². The molecule has 2 unspecified atom stereocenters. The van der Waals surface area contributed by atoms with Crippen LogP contribution >= 0.6 is 11.6 Å². The molecule has 0 aromatic heterocycles. The number of aryl methyl sites for hydroxylation is 3. The predicted molar refractivity (Wildman–Crippen MR) is 163 cm³/mol. The van der Waals surface area contributed by atoms with Crippen LogP contribution in [-0.2, 0) is 14.3 Å². The average molecular weight is 572 g/mol. The van der Waals surface area contributed by atoms with Gasteiger partial charge >= 0.3 is 6.09 Å². The largest absolute Gasteiger partial charge is 0.444 e. The summed E-state index contributed by atoms with van der Waals surface area (Å²) in [7, 11) is 0. The Morgan fingerprint density at radius 2 is 1.70 bits per heavy atom. The molecule has 2 aromatic rings. The summed E-state index contributed by atoms with van der Waals surface area (Å²) in [6, 6.07) is 9.46. The van der Waals surface area contributed by atoms with Crippen LogP contribution in [0.25, 0.3) is 0 Å². The fourth-order valence-electron chi connectivity index (χ4n) is 4.60. The third-order valence-corrected chi connectivity index (χ3v) is 6.80. The van der Waals surface area contributed by atoms with Crippen molar-refractivity contribution in [1.82, 2.24) is 10.2 Å². The predicted octanol–water partition coefficient (Wildman–Crippen LogP) is 7.51. The van der Waals surface area contributed by atoms with Crippen molar-refractivity contribution < 1.29 is 19.1 Å². The number of ether oxygens (including phenoxy) is 1. The third-order valence-electron chi connectivity index (χ3n) is 6.48. The molecule has 0 aliphatic carbocycles. The van der Waals surface area contributed by atoms with Crippen LogP contribution in [0.2, 0.25) is 5.02 Å². The van der Waals surface area contributed by atoms with E-state index in [1.165, 1.54) is 0 Å². The number of anilines is 1. The topological polar surface area (TPSA) is 87.7 Å². The van der Waals surface area contributed by atoms with Gasteiger partial charge in [-0.1, -0.05) is 74.7 Å². The first-order chi connectivity index (χ1) is 18.6. The molecular formula is C32H46ClN3O4. The SMILES string of the molecule is CCCCN(C(=O)C(CC(C)C)NC(=O)OC(C)(C)C)C(C(=O)Nc1c(C)cccc1Cl)c1ccc(C)cc1C. The lowest BCUT2D eigenvalue weighted by Gasteiger charge is -2.35. The van der Waals surface area contributed by atoms with Crippen LogP contribution in [-0.4, -0.2) is 41.0 Å². The molecule has 3 amide bonds. The van der Waals surface area contributed by atoms with Gasteiger partial charge in [0.15, 0.2) is 0 Å². The Labute approximate surface area is 245 Å². The number of alkyl carbamates (subject to hydrolysis) is 1. The van der Waals surface area contributed by atoms with E-state index in [1.807, 2.05) is 71.9 Å². The van der Waals surface area contributed by atoms with Gasteiger partial charge in [-0.15, -0.1) is 0 Å². The second-order valence-electron chi connectivity index (χ2n) is 11.9. The molecule has 7 nitrogen and oxygen atoms in total.